The molecule has 0 spiro atoms. The number of methoxy groups -OCH3 is 1. The fourth-order valence-electron chi connectivity index (χ4n) is 4.25. The first-order valence-corrected chi connectivity index (χ1v) is 9.66. The monoisotopic (exact) mass is 423 g/mol. The first-order chi connectivity index (χ1) is 14.9. The topological polar surface area (TPSA) is 99.6 Å². The van der Waals surface area contributed by atoms with Crippen molar-refractivity contribution in [2.75, 3.05) is 12.0 Å². The van der Waals surface area contributed by atoms with E-state index in [0.29, 0.717) is 24.1 Å². The average molecular weight is 423 g/mol. The number of anilines is 1. The van der Waals surface area contributed by atoms with Crippen molar-refractivity contribution in [2.24, 2.45) is 5.73 Å². The lowest BCUT2D eigenvalue weighted by Gasteiger charge is -2.39. The third-order valence-electron chi connectivity index (χ3n) is 5.61. The van der Waals surface area contributed by atoms with Crippen LogP contribution in [0.15, 0.2) is 59.1 Å². The minimum atomic E-state index is -0.852. The predicted molar refractivity (Wildman–Crippen MR) is 109 cm³/mol. The molecule has 2 aromatic carbocycles. The molecule has 1 atom stereocenters. The van der Waals surface area contributed by atoms with Gasteiger partial charge in [0.05, 0.1) is 24.7 Å². The van der Waals surface area contributed by atoms with Crippen LogP contribution in [0.5, 0.6) is 11.5 Å². The lowest BCUT2D eigenvalue weighted by atomic mass is 9.75. The highest BCUT2D eigenvalue weighted by molar-refractivity contribution is 6.01. The van der Waals surface area contributed by atoms with Crippen molar-refractivity contribution in [2.45, 2.75) is 25.2 Å². The largest absolute Gasteiger partial charge is 0.504 e. The maximum absolute atomic E-state index is 14.7. The number of aromatic hydroxyl groups is 1. The number of ketones is 1. The van der Waals surface area contributed by atoms with E-state index in [0.717, 1.165) is 17.0 Å². The smallest absolute Gasteiger partial charge is 0.161 e. The first kappa shape index (κ1) is 20.4. The Kier molecular flexibility index (Phi) is 5.11. The Morgan fingerprint density at radius 2 is 1.94 bits per heavy atom. The molecule has 8 heteroatoms. The number of Topliss-reactive ketones (excluding diaryl/α,β-unsaturated/α-hetero) is 1. The van der Waals surface area contributed by atoms with Gasteiger partial charge in [-0.15, -0.1) is 0 Å². The maximum atomic E-state index is 14.7. The number of carbonyl (C=O) groups is 1. The van der Waals surface area contributed by atoms with Gasteiger partial charge in [0.1, 0.15) is 23.1 Å². The molecule has 1 aliphatic carbocycles. The Labute approximate surface area is 177 Å². The number of hydrogen-bond acceptors (Lipinski definition) is 6. The zero-order valence-corrected chi connectivity index (χ0v) is 16.7. The van der Waals surface area contributed by atoms with Gasteiger partial charge in [-0.2, -0.15) is 5.26 Å². The summed E-state index contributed by atoms with van der Waals surface area (Å²) in [7, 11) is 1.38. The lowest BCUT2D eigenvalue weighted by Crippen LogP contribution is -2.39. The number of nitriles is 1. The van der Waals surface area contributed by atoms with Crippen LogP contribution in [0.1, 0.15) is 30.7 Å². The number of phenolic OH excluding ortho intramolecular Hbond substituents is 1. The molecule has 0 saturated carbocycles. The van der Waals surface area contributed by atoms with E-state index in [-0.39, 0.29) is 40.7 Å². The third kappa shape index (κ3) is 3.19. The zero-order chi connectivity index (χ0) is 22.3. The number of para-hydroxylation sites is 1. The van der Waals surface area contributed by atoms with Crippen LogP contribution < -0.4 is 15.4 Å². The second kappa shape index (κ2) is 7.76. The number of nitrogens with zero attached hydrogens (tertiary/aromatic N) is 2. The molecule has 0 amide bonds. The van der Waals surface area contributed by atoms with Crippen LogP contribution in [0.2, 0.25) is 0 Å². The summed E-state index contributed by atoms with van der Waals surface area (Å²) in [4.78, 5) is 14.2. The molecule has 0 fully saturated rings. The standard InChI is InChI=1S/C23H19F2N3O3/c1-31-19-10-12(8-9-17(19)29)20-13(11-26)23(27)28(16-6-3-7-18(30)21(16)20)22-14(24)4-2-5-15(22)25/h2,4-5,8-10,20,29H,3,6-7,27H2,1H3/t20-/m0/s1. The van der Waals surface area contributed by atoms with Crippen molar-refractivity contribution >= 4 is 11.5 Å². The van der Waals surface area contributed by atoms with Crippen LogP contribution >= 0.6 is 0 Å². The summed E-state index contributed by atoms with van der Waals surface area (Å²) in [6, 6.07) is 9.94. The van der Waals surface area contributed by atoms with E-state index < -0.39 is 23.2 Å². The molecule has 31 heavy (non-hydrogen) atoms. The Hall–Kier alpha value is -3.86. The third-order valence-corrected chi connectivity index (χ3v) is 5.61. The number of ether oxygens (including phenoxy) is 1. The van der Waals surface area contributed by atoms with Crippen molar-refractivity contribution in [1.82, 2.24) is 0 Å². The van der Waals surface area contributed by atoms with Crippen molar-refractivity contribution in [1.29, 1.82) is 5.26 Å². The van der Waals surface area contributed by atoms with Crippen molar-refractivity contribution in [3.63, 3.8) is 0 Å². The average Bonchev–Trinajstić information content (AvgIpc) is 2.75. The molecular formula is C23H19F2N3O3. The summed E-state index contributed by atoms with van der Waals surface area (Å²) in [5, 5.41) is 19.9. The van der Waals surface area contributed by atoms with Gasteiger partial charge in [-0.25, -0.2) is 8.78 Å². The summed E-state index contributed by atoms with van der Waals surface area (Å²) in [5.41, 5.74) is 7.02. The number of hydrogen-bond donors (Lipinski definition) is 2. The highest BCUT2D eigenvalue weighted by Gasteiger charge is 2.41. The van der Waals surface area contributed by atoms with Crippen LogP contribution in [0.25, 0.3) is 0 Å². The molecule has 2 aromatic rings. The molecule has 2 aliphatic rings. The van der Waals surface area contributed by atoms with Crippen molar-refractivity contribution in [3.05, 3.63) is 76.3 Å². The molecule has 6 nitrogen and oxygen atoms in total. The number of phenols is 1. The van der Waals surface area contributed by atoms with Crippen molar-refractivity contribution < 1.29 is 23.4 Å². The number of halogens is 2. The van der Waals surface area contributed by atoms with Crippen LogP contribution in [0, 0.1) is 23.0 Å². The Bertz CT molecular complexity index is 1180. The molecule has 4 rings (SSSR count). The van der Waals surface area contributed by atoms with Crippen LogP contribution in [0.4, 0.5) is 14.5 Å². The van der Waals surface area contributed by atoms with Gasteiger partial charge < -0.3 is 15.6 Å². The second-order valence-electron chi connectivity index (χ2n) is 7.32. The fourth-order valence-corrected chi connectivity index (χ4v) is 4.25. The second-order valence-corrected chi connectivity index (χ2v) is 7.32. The van der Waals surface area contributed by atoms with E-state index in [1.165, 1.54) is 25.3 Å². The maximum Gasteiger partial charge on any atom is 0.161 e. The molecule has 0 bridgehead atoms. The minimum absolute atomic E-state index is 0.00982. The van der Waals surface area contributed by atoms with Gasteiger partial charge in [-0.1, -0.05) is 12.1 Å². The Morgan fingerprint density at radius 1 is 1.23 bits per heavy atom. The van der Waals surface area contributed by atoms with Gasteiger partial charge in [0, 0.05) is 17.7 Å². The summed E-state index contributed by atoms with van der Waals surface area (Å²) in [6.45, 7) is 0. The molecule has 0 unspecified atom stereocenters. The zero-order valence-electron chi connectivity index (χ0n) is 16.7. The molecule has 3 N–H and O–H groups in total. The van der Waals surface area contributed by atoms with E-state index in [1.807, 2.05) is 6.07 Å². The summed E-state index contributed by atoms with van der Waals surface area (Å²) in [5.74, 6) is -2.84. The predicted octanol–water partition coefficient (Wildman–Crippen LogP) is 3.98. The van der Waals surface area contributed by atoms with Crippen LogP contribution in [-0.4, -0.2) is 18.0 Å². The van der Waals surface area contributed by atoms with E-state index in [9.17, 15) is 23.9 Å². The molecule has 0 saturated heterocycles. The summed E-state index contributed by atoms with van der Waals surface area (Å²) < 4.78 is 34.5. The van der Waals surface area contributed by atoms with Gasteiger partial charge in [0.2, 0.25) is 0 Å². The highest BCUT2D eigenvalue weighted by atomic mass is 19.1. The van der Waals surface area contributed by atoms with E-state index >= 15 is 0 Å². The molecule has 0 aromatic heterocycles. The van der Waals surface area contributed by atoms with Gasteiger partial charge >= 0.3 is 0 Å². The summed E-state index contributed by atoms with van der Waals surface area (Å²) in [6.07, 6.45) is 1.10. The summed E-state index contributed by atoms with van der Waals surface area (Å²) >= 11 is 0. The minimum Gasteiger partial charge on any atom is -0.504 e. The fraction of sp³-hybridized carbons (Fsp3) is 0.217. The van der Waals surface area contributed by atoms with Gasteiger partial charge in [-0.3, -0.25) is 9.69 Å². The van der Waals surface area contributed by atoms with Crippen LogP contribution in [-0.2, 0) is 4.79 Å². The number of carbonyl (C=O) groups excluding carboxylic acids is 1. The molecule has 158 valence electrons. The Balaban J connectivity index is 2.01. The SMILES string of the molecule is COc1cc([C@H]2C(C#N)=C(N)N(c3c(F)cccc3F)C3=C2C(=O)CCC3)ccc1O. The van der Waals surface area contributed by atoms with E-state index in [2.05, 4.69) is 0 Å². The quantitative estimate of drug-likeness (QED) is 0.775. The molecular weight excluding hydrogens is 404 g/mol. The number of nitrogens with two attached hydrogens (primary N) is 1. The lowest BCUT2D eigenvalue weighted by molar-refractivity contribution is -0.116. The first-order valence-electron chi connectivity index (χ1n) is 9.66. The number of benzene rings is 2. The normalized spacial score (nSPS) is 18.7. The van der Waals surface area contributed by atoms with Crippen molar-refractivity contribution in [3.8, 4) is 17.6 Å². The van der Waals surface area contributed by atoms with E-state index in [1.54, 1.807) is 6.07 Å². The number of rotatable bonds is 3. The van der Waals surface area contributed by atoms with Gasteiger partial charge in [0.15, 0.2) is 17.3 Å². The van der Waals surface area contributed by atoms with Crippen LogP contribution in [0.3, 0.4) is 0 Å². The highest BCUT2D eigenvalue weighted by Crippen LogP contribution is 2.48. The molecule has 1 heterocycles. The molecule has 1 aliphatic heterocycles. The van der Waals surface area contributed by atoms with E-state index in [4.69, 9.17) is 10.5 Å². The van der Waals surface area contributed by atoms with Gasteiger partial charge in [0.25, 0.3) is 0 Å². The molecule has 0 radical (unpaired) electrons. The number of allylic oxidation sites excluding steroid dienone is 3. The Morgan fingerprint density at radius 3 is 2.58 bits per heavy atom. The van der Waals surface area contributed by atoms with Gasteiger partial charge in [-0.05, 0) is 42.7 Å².